The van der Waals surface area contributed by atoms with Crippen molar-refractivity contribution >= 4 is 17.9 Å². The first-order chi connectivity index (χ1) is 8.83. The molecule has 0 atom stereocenters. The van der Waals surface area contributed by atoms with Crippen molar-refractivity contribution in [3.63, 3.8) is 0 Å². The third kappa shape index (κ3) is 2.95. The second-order valence-electron chi connectivity index (χ2n) is 4.31. The smallest absolute Gasteiger partial charge is 0.206 e. The predicted octanol–water partition coefficient (Wildman–Crippen LogP) is 1.07. The number of carbonyl (C=O) groups excluding carboxylic acids is 1. The van der Waals surface area contributed by atoms with Crippen LogP contribution >= 0.6 is 0 Å². The van der Waals surface area contributed by atoms with Gasteiger partial charge in [-0.25, -0.2) is 4.98 Å². The fourth-order valence-electron chi connectivity index (χ4n) is 1.96. The molecule has 0 bridgehead atoms. The summed E-state index contributed by atoms with van der Waals surface area (Å²) in [6.45, 7) is 1.24. The van der Waals surface area contributed by atoms with Crippen LogP contribution in [0.15, 0.2) is 11.3 Å². The van der Waals surface area contributed by atoms with Crippen molar-refractivity contribution in [2.24, 2.45) is 4.99 Å². The number of rotatable bonds is 6. The van der Waals surface area contributed by atoms with Crippen LogP contribution < -0.4 is 5.32 Å². The molecule has 2 rings (SSSR count). The van der Waals surface area contributed by atoms with Crippen LogP contribution in [0.5, 0.6) is 0 Å². The third-order valence-electron chi connectivity index (χ3n) is 2.94. The molecule has 1 aromatic heterocycles. The molecule has 0 aromatic carbocycles. The number of aliphatic hydroxyl groups is 1. The van der Waals surface area contributed by atoms with Gasteiger partial charge in [0.15, 0.2) is 5.69 Å². The minimum atomic E-state index is -0.0507. The lowest BCUT2D eigenvalue weighted by Crippen LogP contribution is -2.07. The molecule has 2 heterocycles. The largest absolute Gasteiger partial charge is 0.396 e. The fourth-order valence-corrected chi connectivity index (χ4v) is 1.96. The van der Waals surface area contributed by atoms with Crippen molar-refractivity contribution in [1.29, 1.82) is 0 Å². The van der Waals surface area contributed by atoms with Crippen LogP contribution in [0.25, 0.3) is 0 Å². The van der Waals surface area contributed by atoms with E-state index in [4.69, 9.17) is 5.11 Å². The molecule has 6 nitrogen and oxygen atoms in total. The number of aryl methyl sites for hydroxylation is 1. The van der Waals surface area contributed by atoms with E-state index in [1.54, 1.807) is 12.7 Å². The van der Waals surface area contributed by atoms with Gasteiger partial charge in [0.1, 0.15) is 12.4 Å². The van der Waals surface area contributed by atoms with E-state index in [9.17, 15) is 4.79 Å². The quantitative estimate of drug-likeness (QED) is 0.740. The number of fused-ring (bicyclic) bond motifs is 1. The van der Waals surface area contributed by atoms with E-state index in [1.165, 1.54) is 0 Å². The van der Waals surface area contributed by atoms with Gasteiger partial charge in [-0.15, -0.1) is 0 Å². The average Bonchev–Trinajstić information content (AvgIpc) is 2.68. The van der Waals surface area contributed by atoms with Crippen molar-refractivity contribution in [3.8, 4) is 0 Å². The summed E-state index contributed by atoms with van der Waals surface area (Å²) >= 11 is 0. The van der Waals surface area contributed by atoms with Gasteiger partial charge >= 0.3 is 0 Å². The Hall–Kier alpha value is -1.69. The molecule has 0 spiro atoms. The first-order valence-electron chi connectivity index (χ1n) is 6.27. The molecule has 6 heteroatoms. The number of anilines is 1. The monoisotopic (exact) mass is 250 g/mol. The number of hydrogen-bond donors (Lipinski definition) is 2. The molecule has 1 aliphatic heterocycles. The molecular weight excluding hydrogens is 232 g/mol. The highest BCUT2D eigenvalue weighted by molar-refractivity contribution is 6.03. The molecule has 0 aliphatic carbocycles. The maximum absolute atomic E-state index is 11.7. The summed E-state index contributed by atoms with van der Waals surface area (Å²) in [5.41, 5.74) is 0.475. The van der Waals surface area contributed by atoms with Gasteiger partial charge in [-0.05, 0) is 12.8 Å². The van der Waals surface area contributed by atoms with Gasteiger partial charge in [0.2, 0.25) is 5.78 Å². The zero-order valence-electron chi connectivity index (χ0n) is 10.3. The number of carbonyl (C=O) groups is 1. The normalized spacial score (nSPS) is 14.2. The number of hydrogen-bond acceptors (Lipinski definition) is 5. The Balaban J connectivity index is 1.94. The van der Waals surface area contributed by atoms with E-state index in [-0.39, 0.29) is 18.9 Å². The summed E-state index contributed by atoms with van der Waals surface area (Å²) in [7, 11) is 0. The minimum Gasteiger partial charge on any atom is -0.396 e. The van der Waals surface area contributed by atoms with Crippen LogP contribution in [0.3, 0.4) is 0 Å². The highest BCUT2D eigenvalue weighted by atomic mass is 16.2. The molecule has 0 unspecified atom stereocenters. The first-order valence-corrected chi connectivity index (χ1v) is 6.27. The summed E-state index contributed by atoms with van der Waals surface area (Å²) in [4.78, 5) is 19.8. The second kappa shape index (κ2) is 6.30. The summed E-state index contributed by atoms with van der Waals surface area (Å²) < 4.78 is 1.95. The van der Waals surface area contributed by atoms with Crippen molar-refractivity contribution in [3.05, 3.63) is 12.0 Å². The van der Waals surface area contributed by atoms with Gasteiger partial charge in [0, 0.05) is 13.2 Å². The molecule has 0 fully saturated rings. The van der Waals surface area contributed by atoms with Crippen LogP contribution in [0.1, 0.15) is 36.2 Å². The van der Waals surface area contributed by atoms with Gasteiger partial charge in [-0.1, -0.05) is 12.8 Å². The molecule has 98 valence electrons. The molecule has 1 aromatic rings. The number of aliphatic imine (C=N–C) groups is 1. The van der Waals surface area contributed by atoms with Gasteiger partial charge in [0.05, 0.1) is 12.7 Å². The lowest BCUT2D eigenvalue weighted by molar-refractivity contribution is 0.0999. The summed E-state index contributed by atoms with van der Waals surface area (Å²) in [6, 6.07) is 0. The average molecular weight is 250 g/mol. The molecule has 0 saturated carbocycles. The SMILES string of the molecule is O=C1CN=CNc2c1ncn2CCCCCCO. The molecule has 0 saturated heterocycles. The molecule has 0 amide bonds. The maximum atomic E-state index is 11.7. The van der Waals surface area contributed by atoms with Crippen LogP contribution in [-0.4, -0.2) is 39.9 Å². The fraction of sp³-hybridized carbons (Fsp3) is 0.583. The Morgan fingerprint density at radius 3 is 3.00 bits per heavy atom. The highest BCUT2D eigenvalue weighted by Gasteiger charge is 2.18. The van der Waals surface area contributed by atoms with Gasteiger partial charge in [0.25, 0.3) is 0 Å². The summed E-state index contributed by atoms with van der Waals surface area (Å²) in [5.74, 6) is 0.689. The van der Waals surface area contributed by atoms with Crippen molar-refractivity contribution in [1.82, 2.24) is 9.55 Å². The first kappa shape index (κ1) is 12.8. The number of imidazole rings is 1. The zero-order valence-corrected chi connectivity index (χ0v) is 10.3. The number of nitrogens with one attached hydrogen (secondary N) is 1. The number of unbranched alkanes of at least 4 members (excludes halogenated alkanes) is 3. The Morgan fingerprint density at radius 1 is 1.33 bits per heavy atom. The lowest BCUT2D eigenvalue weighted by Gasteiger charge is -2.07. The van der Waals surface area contributed by atoms with Gasteiger partial charge < -0.3 is 15.0 Å². The summed E-state index contributed by atoms with van der Waals surface area (Å²) in [6.07, 6.45) is 7.20. The van der Waals surface area contributed by atoms with Crippen LogP contribution in [0.2, 0.25) is 0 Å². The standard InChI is InChI=1S/C12H18N4O2/c17-6-4-2-1-3-5-16-9-15-11-10(18)7-13-8-14-12(11)16/h8-9,17H,1-7H2,(H,13,14). The Morgan fingerprint density at radius 2 is 2.17 bits per heavy atom. The van der Waals surface area contributed by atoms with Crippen LogP contribution in [-0.2, 0) is 6.54 Å². The molecule has 2 N–H and O–H groups in total. The zero-order chi connectivity index (χ0) is 12.8. The number of ketones is 1. The van der Waals surface area contributed by atoms with E-state index in [0.717, 1.165) is 38.0 Å². The third-order valence-corrected chi connectivity index (χ3v) is 2.94. The highest BCUT2D eigenvalue weighted by Crippen LogP contribution is 2.17. The molecule has 0 radical (unpaired) electrons. The second-order valence-corrected chi connectivity index (χ2v) is 4.31. The van der Waals surface area contributed by atoms with E-state index in [0.29, 0.717) is 5.69 Å². The number of Topliss-reactive ketones (excluding diaryl/α,β-unsaturated/α-hetero) is 1. The van der Waals surface area contributed by atoms with Crippen LogP contribution in [0, 0.1) is 0 Å². The van der Waals surface area contributed by atoms with E-state index >= 15 is 0 Å². The van der Waals surface area contributed by atoms with E-state index in [2.05, 4.69) is 15.3 Å². The number of aromatic nitrogens is 2. The molecule has 18 heavy (non-hydrogen) atoms. The van der Waals surface area contributed by atoms with Gasteiger partial charge in [-0.3, -0.25) is 9.79 Å². The minimum absolute atomic E-state index is 0.0507. The Bertz CT molecular complexity index is 439. The maximum Gasteiger partial charge on any atom is 0.206 e. The van der Waals surface area contributed by atoms with Crippen LogP contribution in [0.4, 0.5) is 5.82 Å². The molecule has 1 aliphatic rings. The van der Waals surface area contributed by atoms with E-state index in [1.807, 2.05) is 4.57 Å². The Labute approximate surface area is 106 Å². The van der Waals surface area contributed by atoms with E-state index < -0.39 is 0 Å². The Kier molecular flexibility index (Phi) is 4.46. The predicted molar refractivity (Wildman–Crippen MR) is 69.1 cm³/mol. The number of nitrogens with zero attached hydrogens (tertiary/aromatic N) is 3. The topological polar surface area (TPSA) is 79.5 Å². The van der Waals surface area contributed by atoms with Gasteiger partial charge in [-0.2, -0.15) is 0 Å². The summed E-state index contributed by atoms with van der Waals surface area (Å²) in [5, 5.41) is 11.7. The lowest BCUT2D eigenvalue weighted by atomic mass is 10.2. The van der Waals surface area contributed by atoms with Crippen molar-refractivity contribution in [2.45, 2.75) is 32.2 Å². The number of aliphatic hydroxyl groups excluding tert-OH is 1. The van der Waals surface area contributed by atoms with Crippen molar-refractivity contribution < 1.29 is 9.90 Å². The molecular formula is C12H18N4O2. The van der Waals surface area contributed by atoms with Crippen molar-refractivity contribution in [2.75, 3.05) is 18.5 Å².